The van der Waals surface area contributed by atoms with Gasteiger partial charge in [0.2, 0.25) is 0 Å². The van der Waals surface area contributed by atoms with Crippen LogP contribution in [-0.4, -0.2) is 18.4 Å². The third kappa shape index (κ3) is 1.53. The van der Waals surface area contributed by atoms with Crippen LogP contribution in [0.2, 0.25) is 0 Å². The Labute approximate surface area is 55.9 Å². The van der Waals surface area contributed by atoms with Crippen LogP contribution in [0.4, 0.5) is 0 Å². The zero-order valence-electron chi connectivity index (χ0n) is 5.98. The Morgan fingerprint density at radius 1 is 1.78 bits per heavy atom. The highest BCUT2D eigenvalue weighted by Gasteiger charge is 2.28. The quantitative estimate of drug-likeness (QED) is 0.528. The molecule has 9 heavy (non-hydrogen) atoms. The van der Waals surface area contributed by atoms with E-state index in [9.17, 15) is 0 Å². The molecule has 1 rings (SSSR count). The van der Waals surface area contributed by atoms with Crippen molar-refractivity contribution in [2.75, 3.05) is 6.54 Å². The van der Waals surface area contributed by atoms with Gasteiger partial charge in [-0.05, 0) is 13.8 Å². The van der Waals surface area contributed by atoms with Crippen molar-refractivity contribution in [3.63, 3.8) is 0 Å². The van der Waals surface area contributed by atoms with Crippen LogP contribution in [0, 0.1) is 0 Å². The molecule has 0 aliphatic carbocycles. The second-order valence-electron chi connectivity index (χ2n) is 2.78. The van der Waals surface area contributed by atoms with Gasteiger partial charge < -0.3 is 4.74 Å². The molecule has 0 bridgehead atoms. The molecular weight excluding hydrogens is 114 g/mol. The zero-order chi connectivity index (χ0) is 6.91. The van der Waals surface area contributed by atoms with Crippen LogP contribution in [0.3, 0.4) is 0 Å². The van der Waals surface area contributed by atoms with Crippen LogP contribution < -0.4 is 5.32 Å². The van der Waals surface area contributed by atoms with Gasteiger partial charge in [-0.3, -0.25) is 5.32 Å². The van der Waals surface area contributed by atoms with Crippen LogP contribution in [0.5, 0.6) is 0 Å². The van der Waals surface area contributed by atoms with Crippen molar-refractivity contribution in [1.82, 2.24) is 5.32 Å². The molecule has 2 heteroatoms. The predicted molar refractivity (Wildman–Crippen MR) is 37.2 cm³/mol. The van der Waals surface area contributed by atoms with Gasteiger partial charge in [0.05, 0.1) is 6.10 Å². The minimum absolute atomic E-state index is 0.154. The summed E-state index contributed by atoms with van der Waals surface area (Å²) in [5, 5.41) is 3.20. The third-order valence-electron chi connectivity index (χ3n) is 1.44. The Hall–Kier alpha value is -0.340. The Balaban J connectivity index is 2.47. The summed E-state index contributed by atoms with van der Waals surface area (Å²) in [5.74, 6) is 0. The highest BCUT2D eigenvalue weighted by atomic mass is 16.5. The SMILES string of the molecule is C=CC1CNC(C)(C)O1. The van der Waals surface area contributed by atoms with E-state index in [2.05, 4.69) is 11.9 Å². The predicted octanol–water partition coefficient (Wildman–Crippen LogP) is 0.897. The Morgan fingerprint density at radius 3 is 2.67 bits per heavy atom. The summed E-state index contributed by atoms with van der Waals surface area (Å²) in [4.78, 5) is 0. The van der Waals surface area contributed by atoms with Crippen molar-refractivity contribution >= 4 is 0 Å². The summed E-state index contributed by atoms with van der Waals surface area (Å²) >= 11 is 0. The van der Waals surface area contributed by atoms with Gasteiger partial charge in [-0.2, -0.15) is 0 Å². The number of hydrogen-bond acceptors (Lipinski definition) is 2. The Morgan fingerprint density at radius 2 is 2.44 bits per heavy atom. The van der Waals surface area contributed by atoms with Crippen LogP contribution in [-0.2, 0) is 4.74 Å². The largest absolute Gasteiger partial charge is 0.353 e. The number of ether oxygens (including phenoxy) is 1. The molecule has 1 unspecified atom stereocenters. The monoisotopic (exact) mass is 127 g/mol. The first-order valence-corrected chi connectivity index (χ1v) is 3.19. The van der Waals surface area contributed by atoms with Gasteiger partial charge in [-0.1, -0.05) is 6.08 Å². The molecule has 2 nitrogen and oxygen atoms in total. The third-order valence-corrected chi connectivity index (χ3v) is 1.44. The second-order valence-corrected chi connectivity index (χ2v) is 2.78. The van der Waals surface area contributed by atoms with Gasteiger partial charge in [0.25, 0.3) is 0 Å². The molecule has 1 aliphatic heterocycles. The molecule has 1 atom stereocenters. The highest BCUT2D eigenvalue weighted by molar-refractivity contribution is 4.90. The van der Waals surface area contributed by atoms with Gasteiger partial charge in [-0.25, -0.2) is 0 Å². The fraction of sp³-hybridized carbons (Fsp3) is 0.714. The first-order chi connectivity index (χ1) is 4.14. The first-order valence-electron chi connectivity index (χ1n) is 3.19. The standard InChI is InChI=1S/C7H13NO/c1-4-6-5-8-7(2,3)9-6/h4,6,8H,1,5H2,2-3H3. The van der Waals surface area contributed by atoms with Crippen molar-refractivity contribution in [2.24, 2.45) is 0 Å². The molecule has 0 aromatic carbocycles. The highest BCUT2D eigenvalue weighted by Crippen LogP contribution is 2.15. The van der Waals surface area contributed by atoms with Crippen molar-refractivity contribution in [2.45, 2.75) is 25.7 Å². The molecule has 0 spiro atoms. The molecule has 52 valence electrons. The molecule has 1 aliphatic rings. The summed E-state index contributed by atoms with van der Waals surface area (Å²) in [5.41, 5.74) is -0.154. The van der Waals surface area contributed by atoms with Gasteiger partial charge in [-0.15, -0.1) is 6.58 Å². The summed E-state index contributed by atoms with van der Waals surface area (Å²) in [6, 6.07) is 0. The maximum Gasteiger partial charge on any atom is 0.114 e. The van der Waals surface area contributed by atoms with E-state index in [1.165, 1.54) is 0 Å². The van der Waals surface area contributed by atoms with Crippen molar-refractivity contribution in [1.29, 1.82) is 0 Å². The van der Waals surface area contributed by atoms with E-state index in [1.807, 2.05) is 19.9 Å². The molecule has 0 aromatic heterocycles. The summed E-state index contributed by atoms with van der Waals surface area (Å²) < 4.78 is 5.47. The van der Waals surface area contributed by atoms with Gasteiger partial charge >= 0.3 is 0 Å². The molecule has 1 saturated heterocycles. The normalized spacial score (nSPS) is 32.4. The number of rotatable bonds is 1. The van der Waals surface area contributed by atoms with Crippen molar-refractivity contribution in [3.8, 4) is 0 Å². The van der Waals surface area contributed by atoms with Gasteiger partial charge in [0.1, 0.15) is 5.72 Å². The molecule has 0 amide bonds. The van der Waals surface area contributed by atoms with Crippen molar-refractivity contribution < 1.29 is 4.74 Å². The number of nitrogens with one attached hydrogen (secondary N) is 1. The second kappa shape index (κ2) is 2.12. The van der Waals surface area contributed by atoms with E-state index in [-0.39, 0.29) is 11.8 Å². The summed E-state index contributed by atoms with van der Waals surface area (Å²) in [7, 11) is 0. The molecule has 1 fully saturated rings. The van der Waals surface area contributed by atoms with Crippen LogP contribution in [0.15, 0.2) is 12.7 Å². The minimum Gasteiger partial charge on any atom is -0.353 e. The van der Waals surface area contributed by atoms with E-state index in [4.69, 9.17) is 4.74 Å². The molecule has 1 N–H and O–H groups in total. The van der Waals surface area contributed by atoms with E-state index < -0.39 is 0 Å². The molecule has 1 heterocycles. The lowest BCUT2D eigenvalue weighted by atomic mass is 10.3. The molecule has 0 radical (unpaired) electrons. The minimum atomic E-state index is -0.154. The van der Waals surface area contributed by atoms with E-state index in [0.717, 1.165) is 6.54 Å². The lowest BCUT2D eigenvalue weighted by Gasteiger charge is -2.17. The first kappa shape index (κ1) is 6.78. The maximum atomic E-state index is 5.47. The van der Waals surface area contributed by atoms with Gasteiger partial charge in [0.15, 0.2) is 0 Å². The van der Waals surface area contributed by atoms with Crippen LogP contribution in [0.25, 0.3) is 0 Å². The zero-order valence-corrected chi connectivity index (χ0v) is 5.98. The van der Waals surface area contributed by atoms with E-state index >= 15 is 0 Å². The van der Waals surface area contributed by atoms with Crippen molar-refractivity contribution in [3.05, 3.63) is 12.7 Å². The van der Waals surface area contributed by atoms with Crippen LogP contribution in [0.1, 0.15) is 13.8 Å². The Bertz CT molecular complexity index is 120. The average molecular weight is 127 g/mol. The topological polar surface area (TPSA) is 21.3 Å². The summed E-state index contributed by atoms with van der Waals surface area (Å²) in [6.07, 6.45) is 2.02. The number of hydrogen-bond donors (Lipinski definition) is 1. The Kier molecular flexibility index (Phi) is 1.60. The fourth-order valence-corrected chi connectivity index (χ4v) is 0.940. The van der Waals surface area contributed by atoms with E-state index in [0.29, 0.717) is 0 Å². The molecule has 0 saturated carbocycles. The molecule has 0 aromatic rings. The van der Waals surface area contributed by atoms with Crippen LogP contribution >= 0.6 is 0 Å². The average Bonchev–Trinajstić information content (AvgIpc) is 2.10. The lowest BCUT2D eigenvalue weighted by Crippen LogP contribution is -2.33. The molecular formula is C7H13NO. The fourth-order valence-electron chi connectivity index (χ4n) is 0.940. The smallest absolute Gasteiger partial charge is 0.114 e. The lowest BCUT2D eigenvalue weighted by molar-refractivity contribution is -0.00458. The van der Waals surface area contributed by atoms with Gasteiger partial charge in [0, 0.05) is 6.54 Å². The summed E-state index contributed by atoms with van der Waals surface area (Å²) in [6.45, 7) is 8.55. The maximum absolute atomic E-state index is 5.47. The van der Waals surface area contributed by atoms with E-state index in [1.54, 1.807) is 0 Å².